The van der Waals surface area contributed by atoms with E-state index in [1.54, 1.807) is 14.0 Å². The number of aromatic nitrogens is 3. The van der Waals surface area contributed by atoms with Crippen molar-refractivity contribution in [2.75, 3.05) is 7.05 Å². The minimum atomic E-state index is -4.26. The van der Waals surface area contributed by atoms with E-state index in [0.29, 0.717) is 24.4 Å². The maximum atomic E-state index is 12.1. The lowest BCUT2D eigenvalue weighted by Crippen LogP contribution is -2.20. The Morgan fingerprint density at radius 1 is 1.40 bits per heavy atom. The fourth-order valence-electron chi connectivity index (χ4n) is 1.36. The fourth-order valence-corrected chi connectivity index (χ4v) is 1.36. The molecule has 0 atom stereocenters. The molecule has 86 valence electrons. The standard InChI is InChI=1S/C8H13F3N4/c1-3-7-6(4-12-2)13-14-15(7)5-8(9,10)11/h12H,3-5H2,1-2H3. The Bertz CT molecular complexity index is 318. The van der Waals surface area contributed by atoms with Gasteiger partial charge in [0, 0.05) is 6.54 Å². The average molecular weight is 222 g/mol. The SMILES string of the molecule is CCc1c(CNC)nnn1CC(F)(F)F. The molecule has 0 aromatic carbocycles. The minimum Gasteiger partial charge on any atom is -0.314 e. The second kappa shape index (κ2) is 4.61. The van der Waals surface area contributed by atoms with Gasteiger partial charge in [-0.25, -0.2) is 4.68 Å². The molecule has 1 rings (SSSR count). The molecule has 0 aliphatic heterocycles. The van der Waals surface area contributed by atoms with Crippen molar-refractivity contribution in [2.45, 2.75) is 32.6 Å². The molecule has 1 aromatic heterocycles. The summed E-state index contributed by atoms with van der Waals surface area (Å²) in [4.78, 5) is 0. The molecule has 0 bridgehead atoms. The number of hydrogen-bond donors (Lipinski definition) is 1. The summed E-state index contributed by atoms with van der Waals surface area (Å²) in [6.07, 6.45) is -3.77. The molecule has 0 saturated carbocycles. The highest BCUT2D eigenvalue weighted by atomic mass is 19.4. The molecule has 1 heterocycles. The van der Waals surface area contributed by atoms with Crippen LogP contribution in [0, 0.1) is 0 Å². The largest absolute Gasteiger partial charge is 0.408 e. The lowest BCUT2D eigenvalue weighted by atomic mass is 10.2. The molecule has 1 N–H and O–H groups in total. The van der Waals surface area contributed by atoms with Crippen LogP contribution in [0.2, 0.25) is 0 Å². The Kier molecular flexibility index (Phi) is 3.67. The van der Waals surface area contributed by atoms with Crippen molar-refractivity contribution < 1.29 is 13.2 Å². The summed E-state index contributed by atoms with van der Waals surface area (Å²) in [6, 6.07) is 0. The van der Waals surface area contributed by atoms with Crippen LogP contribution >= 0.6 is 0 Å². The topological polar surface area (TPSA) is 42.7 Å². The van der Waals surface area contributed by atoms with Gasteiger partial charge >= 0.3 is 6.18 Å². The number of nitrogens with zero attached hydrogens (tertiary/aromatic N) is 3. The molecule has 0 unspecified atom stereocenters. The molecule has 7 heteroatoms. The van der Waals surface area contributed by atoms with E-state index < -0.39 is 12.7 Å². The van der Waals surface area contributed by atoms with Crippen LogP contribution in [-0.2, 0) is 19.5 Å². The van der Waals surface area contributed by atoms with Crippen LogP contribution in [0.5, 0.6) is 0 Å². The quantitative estimate of drug-likeness (QED) is 0.830. The summed E-state index contributed by atoms with van der Waals surface area (Å²) in [7, 11) is 1.71. The zero-order valence-electron chi connectivity index (χ0n) is 8.60. The molecular formula is C8H13F3N4. The van der Waals surface area contributed by atoms with E-state index in [1.807, 2.05) is 0 Å². The van der Waals surface area contributed by atoms with E-state index in [4.69, 9.17) is 0 Å². The van der Waals surface area contributed by atoms with Crippen molar-refractivity contribution >= 4 is 0 Å². The van der Waals surface area contributed by atoms with Gasteiger partial charge in [0.25, 0.3) is 0 Å². The van der Waals surface area contributed by atoms with E-state index in [1.165, 1.54) is 0 Å². The Morgan fingerprint density at radius 2 is 2.07 bits per heavy atom. The van der Waals surface area contributed by atoms with Crippen LogP contribution in [0.4, 0.5) is 13.2 Å². The molecule has 15 heavy (non-hydrogen) atoms. The zero-order chi connectivity index (χ0) is 11.5. The van der Waals surface area contributed by atoms with Gasteiger partial charge in [0.05, 0.1) is 11.4 Å². The maximum absolute atomic E-state index is 12.1. The van der Waals surface area contributed by atoms with Gasteiger partial charge < -0.3 is 5.32 Å². The summed E-state index contributed by atoms with van der Waals surface area (Å²) < 4.78 is 37.4. The Morgan fingerprint density at radius 3 is 2.53 bits per heavy atom. The lowest BCUT2D eigenvalue weighted by Gasteiger charge is -2.08. The van der Waals surface area contributed by atoms with Gasteiger partial charge in [-0.2, -0.15) is 13.2 Å². The summed E-state index contributed by atoms with van der Waals surface area (Å²) >= 11 is 0. The average Bonchev–Trinajstić information content (AvgIpc) is 2.45. The van der Waals surface area contributed by atoms with Crippen molar-refractivity contribution in [2.24, 2.45) is 0 Å². The molecule has 0 fully saturated rings. The van der Waals surface area contributed by atoms with E-state index >= 15 is 0 Å². The van der Waals surface area contributed by atoms with Gasteiger partial charge in [-0.15, -0.1) is 5.10 Å². The highest BCUT2D eigenvalue weighted by Crippen LogP contribution is 2.18. The molecule has 0 radical (unpaired) electrons. The predicted molar refractivity (Wildman–Crippen MR) is 48.2 cm³/mol. The van der Waals surface area contributed by atoms with Crippen LogP contribution < -0.4 is 5.32 Å². The van der Waals surface area contributed by atoms with E-state index in [0.717, 1.165) is 4.68 Å². The summed E-state index contributed by atoms with van der Waals surface area (Å²) in [6.45, 7) is 1.14. The fraction of sp³-hybridized carbons (Fsp3) is 0.750. The van der Waals surface area contributed by atoms with Crippen LogP contribution in [0.1, 0.15) is 18.3 Å². The Labute approximate surface area is 85.5 Å². The normalized spacial score (nSPS) is 12.1. The van der Waals surface area contributed by atoms with Crippen molar-refractivity contribution in [3.8, 4) is 0 Å². The molecular weight excluding hydrogens is 209 g/mol. The molecule has 0 aliphatic carbocycles. The van der Waals surface area contributed by atoms with Crippen LogP contribution in [-0.4, -0.2) is 28.2 Å². The first-order valence-electron chi connectivity index (χ1n) is 4.60. The van der Waals surface area contributed by atoms with Gasteiger partial charge in [0.15, 0.2) is 0 Å². The number of alkyl halides is 3. The summed E-state index contributed by atoms with van der Waals surface area (Å²) in [5, 5.41) is 10.0. The third-order valence-electron chi connectivity index (χ3n) is 1.93. The summed E-state index contributed by atoms with van der Waals surface area (Å²) in [5.74, 6) is 0. The third-order valence-corrected chi connectivity index (χ3v) is 1.93. The second-order valence-corrected chi connectivity index (χ2v) is 3.14. The molecule has 0 aliphatic rings. The van der Waals surface area contributed by atoms with E-state index in [2.05, 4.69) is 15.6 Å². The highest BCUT2D eigenvalue weighted by molar-refractivity contribution is 5.09. The van der Waals surface area contributed by atoms with E-state index in [9.17, 15) is 13.2 Å². The summed E-state index contributed by atoms with van der Waals surface area (Å²) in [5.41, 5.74) is 1.10. The third kappa shape index (κ3) is 3.19. The van der Waals surface area contributed by atoms with Crippen LogP contribution in [0.25, 0.3) is 0 Å². The van der Waals surface area contributed by atoms with Crippen LogP contribution in [0.15, 0.2) is 0 Å². The van der Waals surface area contributed by atoms with Crippen molar-refractivity contribution in [1.29, 1.82) is 0 Å². The predicted octanol–water partition coefficient (Wildman–Crippen LogP) is 1.12. The highest BCUT2D eigenvalue weighted by Gasteiger charge is 2.30. The van der Waals surface area contributed by atoms with Crippen molar-refractivity contribution in [3.05, 3.63) is 11.4 Å². The molecule has 4 nitrogen and oxygen atoms in total. The molecule has 0 saturated heterocycles. The van der Waals surface area contributed by atoms with Gasteiger partial charge in [0.1, 0.15) is 6.54 Å². The zero-order valence-corrected chi connectivity index (χ0v) is 8.60. The maximum Gasteiger partial charge on any atom is 0.408 e. The van der Waals surface area contributed by atoms with Gasteiger partial charge in [-0.05, 0) is 13.5 Å². The Hall–Kier alpha value is -1.11. The number of hydrogen-bond acceptors (Lipinski definition) is 3. The first kappa shape index (κ1) is 12.0. The van der Waals surface area contributed by atoms with E-state index in [-0.39, 0.29) is 0 Å². The Balaban J connectivity index is 2.89. The second-order valence-electron chi connectivity index (χ2n) is 3.14. The lowest BCUT2D eigenvalue weighted by molar-refractivity contribution is -0.143. The van der Waals surface area contributed by atoms with Gasteiger partial charge in [0.2, 0.25) is 0 Å². The van der Waals surface area contributed by atoms with Crippen LogP contribution in [0.3, 0.4) is 0 Å². The van der Waals surface area contributed by atoms with Crippen molar-refractivity contribution in [3.63, 3.8) is 0 Å². The molecule has 1 aromatic rings. The van der Waals surface area contributed by atoms with Crippen molar-refractivity contribution in [1.82, 2.24) is 20.3 Å². The number of rotatable bonds is 4. The van der Waals surface area contributed by atoms with Gasteiger partial charge in [-0.3, -0.25) is 0 Å². The molecule has 0 spiro atoms. The smallest absolute Gasteiger partial charge is 0.314 e. The van der Waals surface area contributed by atoms with Gasteiger partial charge in [-0.1, -0.05) is 12.1 Å². The minimum absolute atomic E-state index is 0.432. The first-order chi connectivity index (χ1) is 6.98. The molecule has 0 amide bonds. The number of halogens is 3. The monoisotopic (exact) mass is 222 g/mol. The number of nitrogens with one attached hydrogen (secondary N) is 1. The first-order valence-corrected chi connectivity index (χ1v) is 4.60.